The van der Waals surface area contributed by atoms with E-state index in [4.69, 9.17) is 14.6 Å². The summed E-state index contributed by atoms with van der Waals surface area (Å²) >= 11 is 0. The molecule has 1 unspecified atom stereocenters. The van der Waals surface area contributed by atoms with Crippen LogP contribution in [-0.4, -0.2) is 38.9 Å². The van der Waals surface area contributed by atoms with Crippen molar-refractivity contribution in [3.8, 4) is 11.5 Å². The Morgan fingerprint density at radius 2 is 1.89 bits per heavy atom. The Bertz CT molecular complexity index is 459. The van der Waals surface area contributed by atoms with Gasteiger partial charge in [0.15, 0.2) is 0 Å². The summed E-state index contributed by atoms with van der Waals surface area (Å²) in [6, 6.07) is 3.75. The number of carboxylic acid groups (broad SMARTS) is 1. The Kier molecular flexibility index (Phi) is 5.03. The number of methoxy groups -OCH3 is 2. The van der Waals surface area contributed by atoms with Crippen molar-refractivity contribution in [2.75, 3.05) is 32.7 Å². The van der Waals surface area contributed by atoms with E-state index in [0.29, 0.717) is 12.3 Å². The quantitative estimate of drug-likeness (QED) is 0.856. The highest BCUT2D eigenvalue weighted by molar-refractivity contribution is 5.71. The van der Waals surface area contributed by atoms with E-state index in [1.54, 1.807) is 21.1 Å². The lowest BCUT2D eigenvalue weighted by Gasteiger charge is -2.24. The summed E-state index contributed by atoms with van der Waals surface area (Å²) < 4.78 is 10.6. The summed E-state index contributed by atoms with van der Waals surface area (Å²) in [6.07, 6.45) is 0. The molecule has 0 aliphatic carbocycles. The molecule has 5 nitrogen and oxygen atoms in total. The van der Waals surface area contributed by atoms with Gasteiger partial charge in [-0.2, -0.15) is 0 Å². The third-order valence-electron chi connectivity index (χ3n) is 3.08. The minimum Gasteiger partial charge on any atom is -0.496 e. The molecular formula is C14H21NO4. The van der Waals surface area contributed by atoms with E-state index in [1.807, 2.05) is 31.0 Å². The van der Waals surface area contributed by atoms with Crippen molar-refractivity contribution in [3.05, 3.63) is 17.7 Å². The van der Waals surface area contributed by atoms with Crippen LogP contribution in [0, 0.1) is 12.8 Å². The number of hydrogen-bond acceptors (Lipinski definition) is 4. The molecule has 0 aliphatic rings. The van der Waals surface area contributed by atoms with Gasteiger partial charge in [-0.25, -0.2) is 0 Å². The van der Waals surface area contributed by atoms with Crippen LogP contribution in [0.25, 0.3) is 0 Å². The van der Waals surface area contributed by atoms with E-state index in [2.05, 4.69) is 0 Å². The number of hydrogen-bond donors (Lipinski definition) is 1. The Morgan fingerprint density at radius 3 is 2.37 bits per heavy atom. The molecule has 0 radical (unpaired) electrons. The van der Waals surface area contributed by atoms with Gasteiger partial charge in [-0.15, -0.1) is 0 Å². The van der Waals surface area contributed by atoms with Crippen LogP contribution in [0.15, 0.2) is 12.1 Å². The summed E-state index contributed by atoms with van der Waals surface area (Å²) in [6.45, 7) is 4.01. The third-order valence-corrected chi connectivity index (χ3v) is 3.08. The second-order valence-corrected chi connectivity index (χ2v) is 4.61. The molecule has 1 aromatic rings. The number of nitrogens with zero attached hydrogens (tertiary/aromatic N) is 1. The van der Waals surface area contributed by atoms with Gasteiger partial charge in [-0.1, -0.05) is 6.92 Å². The van der Waals surface area contributed by atoms with Gasteiger partial charge in [0, 0.05) is 19.7 Å². The molecule has 0 fully saturated rings. The lowest BCUT2D eigenvalue weighted by atomic mass is 10.1. The molecule has 0 aromatic heterocycles. The monoisotopic (exact) mass is 267 g/mol. The molecule has 1 aromatic carbocycles. The van der Waals surface area contributed by atoms with Crippen LogP contribution in [0.5, 0.6) is 11.5 Å². The van der Waals surface area contributed by atoms with Crippen molar-refractivity contribution in [1.29, 1.82) is 0 Å². The van der Waals surface area contributed by atoms with Gasteiger partial charge in [0.05, 0.1) is 25.8 Å². The first-order valence-electron chi connectivity index (χ1n) is 6.07. The standard InChI is InChI=1S/C14H21NO4/c1-9-6-13(19-5)11(7-12(9)18-4)15(3)8-10(2)14(16)17/h6-7,10H,8H2,1-5H3,(H,16,17). The lowest BCUT2D eigenvalue weighted by molar-refractivity contribution is -0.140. The lowest BCUT2D eigenvalue weighted by Crippen LogP contribution is -2.28. The number of ether oxygens (including phenoxy) is 2. The van der Waals surface area contributed by atoms with Crippen molar-refractivity contribution in [1.82, 2.24) is 0 Å². The zero-order chi connectivity index (χ0) is 14.6. The van der Waals surface area contributed by atoms with E-state index in [1.165, 1.54) is 0 Å². The highest BCUT2D eigenvalue weighted by atomic mass is 16.5. The zero-order valence-electron chi connectivity index (χ0n) is 12.1. The predicted octanol–water partition coefficient (Wildman–Crippen LogP) is 2.17. The van der Waals surface area contributed by atoms with Crippen molar-refractivity contribution < 1.29 is 19.4 Å². The van der Waals surface area contributed by atoms with Crippen molar-refractivity contribution in [2.24, 2.45) is 5.92 Å². The Morgan fingerprint density at radius 1 is 1.32 bits per heavy atom. The van der Waals surface area contributed by atoms with Crippen LogP contribution in [-0.2, 0) is 4.79 Å². The van der Waals surface area contributed by atoms with E-state index in [9.17, 15) is 4.79 Å². The summed E-state index contributed by atoms with van der Waals surface area (Å²) in [5.41, 5.74) is 1.79. The minimum absolute atomic E-state index is 0.401. The maximum Gasteiger partial charge on any atom is 0.308 e. The van der Waals surface area contributed by atoms with Crippen molar-refractivity contribution >= 4 is 11.7 Å². The normalized spacial score (nSPS) is 11.8. The maximum absolute atomic E-state index is 10.9. The fourth-order valence-corrected chi connectivity index (χ4v) is 1.92. The second kappa shape index (κ2) is 6.31. The number of carboxylic acids is 1. The summed E-state index contributed by atoms with van der Waals surface area (Å²) in [7, 11) is 5.05. The highest BCUT2D eigenvalue weighted by Gasteiger charge is 2.17. The molecule has 1 N–H and O–H groups in total. The molecule has 19 heavy (non-hydrogen) atoms. The topological polar surface area (TPSA) is 59.0 Å². The molecule has 5 heteroatoms. The SMILES string of the molecule is COc1cc(N(C)CC(C)C(=O)O)c(OC)cc1C. The van der Waals surface area contributed by atoms with Crippen LogP contribution in [0.4, 0.5) is 5.69 Å². The Hall–Kier alpha value is -1.91. The fraction of sp³-hybridized carbons (Fsp3) is 0.500. The molecule has 106 valence electrons. The Balaban J connectivity index is 3.06. The van der Waals surface area contributed by atoms with Crippen LogP contribution in [0.2, 0.25) is 0 Å². The third kappa shape index (κ3) is 3.53. The minimum atomic E-state index is -0.815. The Labute approximate surface area is 113 Å². The first kappa shape index (κ1) is 15.1. The fourth-order valence-electron chi connectivity index (χ4n) is 1.92. The van der Waals surface area contributed by atoms with Gasteiger partial charge in [-0.05, 0) is 18.6 Å². The van der Waals surface area contributed by atoms with E-state index < -0.39 is 11.9 Å². The van der Waals surface area contributed by atoms with E-state index in [0.717, 1.165) is 17.0 Å². The van der Waals surface area contributed by atoms with Gasteiger partial charge >= 0.3 is 5.97 Å². The summed E-state index contributed by atoms with van der Waals surface area (Å²) in [5, 5.41) is 8.97. The average molecular weight is 267 g/mol. The van der Waals surface area contributed by atoms with Gasteiger partial charge in [-0.3, -0.25) is 4.79 Å². The molecule has 0 bridgehead atoms. The van der Waals surface area contributed by atoms with E-state index >= 15 is 0 Å². The second-order valence-electron chi connectivity index (χ2n) is 4.61. The molecule has 0 saturated carbocycles. The molecule has 0 saturated heterocycles. The predicted molar refractivity (Wildman–Crippen MR) is 74.4 cm³/mol. The molecule has 0 spiro atoms. The number of benzene rings is 1. The largest absolute Gasteiger partial charge is 0.496 e. The number of aryl methyl sites for hydroxylation is 1. The smallest absolute Gasteiger partial charge is 0.308 e. The van der Waals surface area contributed by atoms with Gasteiger partial charge in [0.1, 0.15) is 11.5 Å². The first-order chi connectivity index (χ1) is 8.90. The molecule has 1 atom stereocenters. The number of rotatable bonds is 6. The zero-order valence-corrected chi connectivity index (χ0v) is 12.1. The van der Waals surface area contributed by atoms with Crippen molar-refractivity contribution in [2.45, 2.75) is 13.8 Å². The van der Waals surface area contributed by atoms with Crippen LogP contribution < -0.4 is 14.4 Å². The number of anilines is 1. The van der Waals surface area contributed by atoms with Gasteiger partial charge in [0.25, 0.3) is 0 Å². The number of aliphatic carboxylic acids is 1. The van der Waals surface area contributed by atoms with Crippen LogP contribution >= 0.6 is 0 Å². The van der Waals surface area contributed by atoms with Gasteiger partial charge < -0.3 is 19.5 Å². The van der Waals surface area contributed by atoms with Crippen LogP contribution in [0.3, 0.4) is 0 Å². The van der Waals surface area contributed by atoms with Gasteiger partial charge in [0.2, 0.25) is 0 Å². The maximum atomic E-state index is 10.9. The molecule has 0 heterocycles. The number of carbonyl (C=O) groups is 1. The average Bonchev–Trinajstić information content (AvgIpc) is 2.37. The first-order valence-corrected chi connectivity index (χ1v) is 6.07. The molecule has 0 amide bonds. The van der Waals surface area contributed by atoms with E-state index in [-0.39, 0.29) is 0 Å². The molecular weight excluding hydrogens is 246 g/mol. The highest BCUT2D eigenvalue weighted by Crippen LogP contribution is 2.34. The van der Waals surface area contributed by atoms with Crippen molar-refractivity contribution in [3.63, 3.8) is 0 Å². The molecule has 0 aliphatic heterocycles. The summed E-state index contributed by atoms with van der Waals surface area (Å²) in [5.74, 6) is 0.191. The molecule has 1 rings (SSSR count). The summed E-state index contributed by atoms with van der Waals surface area (Å²) in [4.78, 5) is 12.8. The van der Waals surface area contributed by atoms with Crippen LogP contribution in [0.1, 0.15) is 12.5 Å².